The molecule has 11 heteroatoms. The van der Waals surface area contributed by atoms with Crippen molar-refractivity contribution in [2.45, 2.75) is 62.5 Å². The smallest absolute Gasteiger partial charge is 0.434 e. The highest BCUT2D eigenvalue weighted by Gasteiger charge is 2.36. The molecule has 0 aliphatic heterocycles. The number of fused-ring (bicyclic) bond motifs is 1. The predicted molar refractivity (Wildman–Crippen MR) is 132 cm³/mol. The number of aromatic amines is 1. The third-order valence-corrected chi connectivity index (χ3v) is 8.05. The maximum atomic E-state index is 13.8. The van der Waals surface area contributed by atoms with Gasteiger partial charge in [-0.3, -0.25) is 0 Å². The zero-order chi connectivity index (χ0) is 26.3. The van der Waals surface area contributed by atoms with Crippen LogP contribution < -0.4 is 20.0 Å². The van der Waals surface area contributed by atoms with Crippen molar-refractivity contribution in [2.75, 3.05) is 14.2 Å². The molecule has 3 N–H and O–H groups in total. The maximum Gasteiger partial charge on any atom is 0.434 e. The fourth-order valence-corrected chi connectivity index (χ4v) is 6.38. The van der Waals surface area contributed by atoms with E-state index in [0.29, 0.717) is 0 Å². The van der Waals surface area contributed by atoms with Crippen LogP contribution in [0.2, 0.25) is 0 Å². The van der Waals surface area contributed by atoms with Gasteiger partial charge in [-0.05, 0) is 61.9 Å². The van der Waals surface area contributed by atoms with Crippen molar-refractivity contribution >= 4 is 10.0 Å². The largest absolute Gasteiger partial charge is 0.496 e. The van der Waals surface area contributed by atoms with Crippen molar-refractivity contribution in [3.05, 3.63) is 69.0 Å². The summed E-state index contributed by atoms with van der Waals surface area (Å²) in [5.74, 6) is -1.06. The third-order valence-electron chi connectivity index (χ3n) is 6.58. The van der Waals surface area contributed by atoms with E-state index in [9.17, 15) is 18.3 Å². The number of aryl methyl sites for hydroxylation is 1. The highest BCUT2D eigenvalue weighted by Crippen LogP contribution is 2.43. The maximum absolute atomic E-state index is 13.8. The van der Waals surface area contributed by atoms with Crippen LogP contribution in [-0.4, -0.2) is 37.9 Å². The first kappa shape index (κ1) is 25.9. The molecule has 2 atom stereocenters. The lowest BCUT2D eigenvalue weighted by atomic mass is 9.88. The highest BCUT2D eigenvalue weighted by atomic mass is 32.2. The zero-order valence-corrected chi connectivity index (χ0v) is 21.7. The number of hydrogen-bond donors (Lipinski definition) is 3. The van der Waals surface area contributed by atoms with Crippen LogP contribution in [0.5, 0.6) is 11.5 Å². The molecule has 0 amide bonds. The Morgan fingerprint density at radius 3 is 2.53 bits per heavy atom. The Balaban J connectivity index is 1.82. The Hall–Kier alpha value is -3.15. The van der Waals surface area contributed by atoms with E-state index < -0.39 is 33.3 Å². The van der Waals surface area contributed by atoms with Crippen molar-refractivity contribution in [1.82, 2.24) is 14.9 Å². The normalized spacial score (nSPS) is 15.4. The van der Waals surface area contributed by atoms with Crippen LogP contribution in [0.3, 0.4) is 0 Å². The molecule has 0 fully saturated rings. The number of aromatic nitrogens is 2. The summed E-state index contributed by atoms with van der Waals surface area (Å²) in [6.45, 7) is 4.89. The van der Waals surface area contributed by atoms with Gasteiger partial charge < -0.3 is 19.0 Å². The van der Waals surface area contributed by atoms with E-state index in [4.69, 9.17) is 13.9 Å². The van der Waals surface area contributed by atoms with Gasteiger partial charge in [-0.15, -0.1) is 5.10 Å². The Labute approximate surface area is 209 Å². The molecule has 2 unspecified atom stereocenters. The third kappa shape index (κ3) is 4.78. The summed E-state index contributed by atoms with van der Waals surface area (Å²) in [7, 11) is -1.53. The first-order valence-electron chi connectivity index (χ1n) is 11.6. The number of aliphatic hydroxyl groups is 1. The molecule has 4 rings (SSSR count). The molecule has 0 spiro atoms. The van der Waals surface area contributed by atoms with Gasteiger partial charge in [-0.2, -0.15) is 4.72 Å². The second kappa shape index (κ2) is 9.72. The monoisotopic (exact) mass is 517 g/mol. The molecule has 3 aromatic rings. The molecule has 36 heavy (non-hydrogen) atoms. The van der Waals surface area contributed by atoms with Crippen LogP contribution in [0, 0.1) is 0 Å². The number of sulfonamides is 1. The molecule has 0 saturated carbocycles. The van der Waals surface area contributed by atoms with E-state index in [1.165, 1.54) is 51.3 Å². The fourth-order valence-electron chi connectivity index (χ4n) is 4.94. The summed E-state index contributed by atoms with van der Waals surface area (Å²) in [5.41, 5.74) is 2.10. The Bertz CT molecular complexity index is 1420. The summed E-state index contributed by atoms with van der Waals surface area (Å²) < 4.78 is 46.3. The Kier molecular flexibility index (Phi) is 7.00. The van der Waals surface area contributed by atoms with Gasteiger partial charge in [-0.1, -0.05) is 25.1 Å². The summed E-state index contributed by atoms with van der Waals surface area (Å²) in [4.78, 5) is 11.6. The fraction of sp³-hybridized carbons (Fsp3) is 0.440. The number of H-pyrrole nitrogens is 1. The van der Waals surface area contributed by atoms with Gasteiger partial charge >= 0.3 is 5.76 Å². The van der Waals surface area contributed by atoms with Crippen LogP contribution in [-0.2, 0) is 28.5 Å². The minimum atomic E-state index is -4.27. The molecule has 1 aliphatic carbocycles. The lowest BCUT2D eigenvalue weighted by molar-refractivity contribution is 0.0721. The van der Waals surface area contributed by atoms with E-state index in [1.54, 1.807) is 0 Å². The van der Waals surface area contributed by atoms with Gasteiger partial charge in [0.25, 0.3) is 0 Å². The quantitative estimate of drug-likeness (QED) is 0.393. The molecule has 2 aromatic carbocycles. The van der Waals surface area contributed by atoms with Crippen molar-refractivity contribution in [3.8, 4) is 11.5 Å². The summed E-state index contributed by atoms with van der Waals surface area (Å²) in [6, 6.07) is 7.79. The molecule has 0 saturated heterocycles. The highest BCUT2D eigenvalue weighted by molar-refractivity contribution is 7.89. The van der Waals surface area contributed by atoms with Crippen molar-refractivity contribution in [2.24, 2.45) is 0 Å². The van der Waals surface area contributed by atoms with Crippen molar-refractivity contribution < 1.29 is 27.4 Å². The average molecular weight is 518 g/mol. The van der Waals surface area contributed by atoms with Gasteiger partial charge in [0, 0.05) is 5.92 Å². The number of nitrogens with zero attached hydrogens (tertiary/aromatic N) is 1. The summed E-state index contributed by atoms with van der Waals surface area (Å²) >= 11 is 0. The number of hydrogen-bond acceptors (Lipinski definition) is 8. The minimum Gasteiger partial charge on any atom is -0.496 e. The molecule has 10 nitrogen and oxygen atoms in total. The van der Waals surface area contributed by atoms with Crippen molar-refractivity contribution in [1.29, 1.82) is 0 Å². The van der Waals surface area contributed by atoms with E-state index >= 15 is 0 Å². The molecule has 194 valence electrons. The van der Waals surface area contributed by atoms with Gasteiger partial charge in [0.1, 0.15) is 22.4 Å². The van der Waals surface area contributed by atoms with Gasteiger partial charge in [0.15, 0.2) is 0 Å². The number of nitrogens with one attached hydrogen (secondary N) is 2. The van der Waals surface area contributed by atoms with Crippen LogP contribution >= 0.6 is 0 Å². The molecule has 1 aromatic heterocycles. The first-order valence-corrected chi connectivity index (χ1v) is 13.1. The predicted octanol–water partition coefficient (Wildman–Crippen LogP) is 2.92. The molecule has 0 radical (unpaired) electrons. The van der Waals surface area contributed by atoms with Crippen LogP contribution in [0.15, 0.2) is 44.4 Å². The number of benzene rings is 2. The first-order chi connectivity index (χ1) is 17.0. The van der Waals surface area contributed by atoms with E-state index in [-0.39, 0.29) is 27.8 Å². The Morgan fingerprint density at radius 2 is 1.92 bits per heavy atom. The number of methoxy groups -OCH3 is 2. The van der Waals surface area contributed by atoms with E-state index in [2.05, 4.69) is 21.0 Å². The summed E-state index contributed by atoms with van der Waals surface area (Å²) in [6.07, 6.45) is 2.88. The standard InChI is InChI=1S/C25H31N3O7S/c1-14(16-10-6-8-15-9-7-11-17(15)16)21(23-26-27-24(29)35-23)28-36(31,32)19-13-12-18(33-4)20(22(19)34-5)25(2,3)30/h6,8,10,12-14,21,28,30H,7,9,11H2,1-5H3,(H,27,29). The van der Waals surface area contributed by atoms with Gasteiger partial charge in [0.05, 0.1) is 25.4 Å². The van der Waals surface area contributed by atoms with Gasteiger partial charge in [0.2, 0.25) is 15.9 Å². The van der Waals surface area contributed by atoms with Gasteiger partial charge in [-0.25, -0.2) is 18.3 Å². The van der Waals surface area contributed by atoms with E-state index in [1.807, 2.05) is 19.1 Å². The van der Waals surface area contributed by atoms with Crippen molar-refractivity contribution in [3.63, 3.8) is 0 Å². The topological polar surface area (TPSA) is 144 Å². The lowest BCUT2D eigenvalue weighted by Gasteiger charge is -2.27. The second-order valence-electron chi connectivity index (χ2n) is 9.41. The second-order valence-corrected chi connectivity index (χ2v) is 11.1. The lowest BCUT2D eigenvalue weighted by Crippen LogP contribution is -2.33. The Morgan fingerprint density at radius 1 is 1.17 bits per heavy atom. The minimum absolute atomic E-state index is 0.0511. The van der Waals surface area contributed by atoms with Crippen LogP contribution in [0.4, 0.5) is 0 Å². The molecule has 0 bridgehead atoms. The SMILES string of the molecule is COc1ccc(S(=O)(=O)NC(c2n[nH]c(=O)o2)C(C)c2cccc3c2CCC3)c(OC)c1C(C)(C)O. The molecular weight excluding hydrogens is 486 g/mol. The van der Waals surface area contributed by atoms with Crippen LogP contribution in [0.25, 0.3) is 0 Å². The summed E-state index contributed by atoms with van der Waals surface area (Å²) in [5, 5.41) is 16.9. The molecule has 1 heterocycles. The number of rotatable bonds is 9. The zero-order valence-electron chi connectivity index (χ0n) is 20.9. The number of ether oxygens (including phenoxy) is 2. The van der Waals surface area contributed by atoms with E-state index in [0.717, 1.165) is 24.8 Å². The molecule has 1 aliphatic rings. The average Bonchev–Trinajstić information content (AvgIpc) is 3.49. The van der Waals surface area contributed by atoms with Crippen LogP contribution in [0.1, 0.15) is 67.3 Å². The molecular formula is C25H31N3O7S.